The Hall–Kier alpha value is -1.35. The van der Waals surface area contributed by atoms with Crippen LogP contribution in [0.15, 0.2) is 30.3 Å². The summed E-state index contributed by atoms with van der Waals surface area (Å²) < 4.78 is 0. The Bertz CT molecular complexity index is 364. The fourth-order valence-corrected chi connectivity index (χ4v) is 2.01. The lowest BCUT2D eigenvalue weighted by Gasteiger charge is -2.21. The molecule has 0 spiro atoms. The van der Waals surface area contributed by atoms with E-state index in [0.29, 0.717) is 18.9 Å². The first-order chi connectivity index (χ1) is 9.17. The normalized spacial score (nSPS) is 12.2. The molecule has 0 aliphatic heterocycles. The summed E-state index contributed by atoms with van der Waals surface area (Å²) >= 11 is 0. The number of nitrogens with two attached hydrogens (primary N) is 1. The van der Waals surface area contributed by atoms with Gasteiger partial charge >= 0.3 is 0 Å². The van der Waals surface area contributed by atoms with E-state index in [-0.39, 0.29) is 5.91 Å². The van der Waals surface area contributed by atoms with Gasteiger partial charge in [0.1, 0.15) is 0 Å². The van der Waals surface area contributed by atoms with E-state index in [1.54, 1.807) is 0 Å². The number of likely N-dealkylation sites (N-methyl/N-ethyl adjacent to an activating group) is 1. The number of carbonyl (C=O) groups is 1. The molecule has 1 aromatic rings. The summed E-state index contributed by atoms with van der Waals surface area (Å²) in [5, 5.41) is 0. The maximum atomic E-state index is 12.1. The zero-order chi connectivity index (χ0) is 14.1. The lowest BCUT2D eigenvalue weighted by molar-refractivity contribution is -0.131. The van der Waals surface area contributed by atoms with Gasteiger partial charge in [0.05, 0.1) is 0 Å². The van der Waals surface area contributed by atoms with Gasteiger partial charge in [-0.05, 0) is 37.8 Å². The average Bonchev–Trinajstić information content (AvgIpc) is 2.46. The van der Waals surface area contributed by atoms with Crippen molar-refractivity contribution in [2.24, 2.45) is 11.7 Å². The molecule has 0 saturated carbocycles. The molecule has 1 atom stereocenters. The van der Waals surface area contributed by atoms with Crippen LogP contribution >= 0.6 is 0 Å². The third-order valence-electron chi connectivity index (χ3n) is 3.50. The third-order valence-corrected chi connectivity index (χ3v) is 3.50. The molecular weight excluding hydrogens is 236 g/mol. The Labute approximate surface area is 116 Å². The molecule has 0 bridgehead atoms. The van der Waals surface area contributed by atoms with E-state index < -0.39 is 0 Å². The van der Waals surface area contributed by atoms with Crippen LogP contribution < -0.4 is 5.73 Å². The highest BCUT2D eigenvalue weighted by Gasteiger charge is 2.12. The van der Waals surface area contributed by atoms with Crippen LogP contribution in [0.3, 0.4) is 0 Å². The van der Waals surface area contributed by atoms with Crippen LogP contribution in [-0.4, -0.2) is 30.4 Å². The quantitative estimate of drug-likeness (QED) is 0.782. The molecular formula is C16H26N2O. The topological polar surface area (TPSA) is 46.3 Å². The van der Waals surface area contributed by atoms with E-state index in [0.717, 1.165) is 25.9 Å². The van der Waals surface area contributed by atoms with E-state index >= 15 is 0 Å². The fraction of sp³-hybridized carbons (Fsp3) is 0.562. The molecule has 1 rings (SSSR count). The molecule has 2 N–H and O–H groups in total. The largest absolute Gasteiger partial charge is 0.343 e. The molecule has 0 fully saturated rings. The van der Waals surface area contributed by atoms with Crippen molar-refractivity contribution >= 4 is 5.91 Å². The smallest absolute Gasteiger partial charge is 0.222 e. The summed E-state index contributed by atoms with van der Waals surface area (Å²) in [4.78, 5) is 14.0. The highest BCUT2D eigenvalue weighted by Crippen LogP contribution is 2.07. The predicted molar refractivity (Wildman–Crippen MR) is 79.9 cm³/mol. The molecule has 3 nitrogen and oxygen atoms in total. The Morgan fingerprint density at radius 1 is 1.32 bits per heavy atom. The highest BCUT2D eigenvalue weighted by atomic mass is 16.2. The molecule has 3 heteroatoms. The van der Waals surface area contributed by atoms with E-state index in [4.69, 9.17) is 5.73 Å². The molecule has 0 aliphatic carbocycles. The van der Waals surface area contributed by atoms with Gasteiger partial charge in [0, 0.05) is 19.5 Å². The lowest BCUT2D eigenvalue weighted by atomic mass is 10.1. The van der Waals surface area contributed by atoms with Gasteiger partial charge in [-0.3, -0.25) is 4.79 Å². The number of hydrogen-bond acceptors (Lipinski definition) is 2. The fourth-order valence-electron chi connectivity index (χ4n) is 2.01. The van der Waals surface area contributed by atoms with Crippen molar-refractivity contribution in [1.82, 2.24) is 4.90 Å². The number of benzene rings is 1. The van der Waals surface area contributed by atoms with Crippen molar-refractivity contribution in [3.63, 3.8) is 0 Å². The minimum absolute atomic E-state index is 0.249. The first-order valence-corrected chi connectivity index (χ1v) is 7.19. The monoisotopic (exact) mass is 262 g/mol. The molecule has 0 heterocycles. The van der Waals surface area contributed by atoms with Crippen molar-refractivity contribution in [2.75, 3.05) is 19.6 Å². The zero-order valence-electron chi connectivity index (χ0n) is 12.1. The molecule has 1 aromatic carbocycles. The summed E-state index contributed by atoms with van der Waals surface area (Å²) in [5.74, 6) is 0.676. The lowest BCUT2D eigenvalue weighted by Crippen LogP contribution is -2.33. The SMILES string of the molecule is CCN(CCc1ccccc1)C(=O)CCC(C)CN. The second kappa shape index (κ2) is 8.70. The third kappa shape index (κ3) is 5.88. The van der Waals surface area contributed by atoms with E-state index in [1.165, 1.54) is 5.56 Å². The van der Waals surface area contributed by atoms with Gasteiger partial charge in [0.15, 0.2) is 0 Å². The van der Waals surface area contributed by atoms with Gasteiger partial charge < -0.3 is 10.6 Å². The molecule has 1 unspecified atom stereocenters. The maximum Gasteiger partial charge on any atom is 0.222 e. The first kappa shape index (κ1) is 15.7. The minimum Gasteiger partial charge on any atom is -0.343 e. The molecule has 0 radical (unpaired) electrons. The summed E-state index contributed by atoms with van der Waals surface area (Å²) in [6.07, 6.45) is 2.42. The van der Waals surface area contributed by atoms with Gasteiger partial charge in [0.25, 0.3) is 0 Å². The number of nitrogens with zero attached hydrogens (tertiary/aromatic N) is 1. The zero-order valence-corrected chi connectivity index (χ0v) is 12.1. The standard InChI is InChI=1S/C16H26N2O/c1-3-18(16(19)10-9-14(2)13-17)12-11-15-7-5-4-6-8-15/h4-8,14H,3,9-13,17H2,1-2H3. The second-order valence-corrected chi connectivity index (χ2v) is 5.09. The highest BCUT2D eigenvalue weighted by molar-refractivity contribution is 5.76. The molecule has 106 valence electrons. The summed E-state index contributed by atoms with van der Waals surface area (Å²) in [6.45, 7) is 6.37. The number of amides is 1. The molecule has 0 aromatic heterocycles. The van der Waals surface area contributed by atoms with Crippen LogP contribution in [0.5, 0.6) is 0 Å². The van der Waals surface area contributed by atoms with Crippen LogP contribution in [0.4, 0.5) is 0 Å². The van der Waals surface area contributed by atoms with Crippen molar-refractivity contribution in [2.45, 2.75) is 33.1 Å². The van der Waals surface area contributed by atoms with Gasteiger partial charge in [0.2, 0.25) is 5.91 Å². The average molecular weight is 262 g/mol. The van der Waals surface area contributed by atoms with Crippen LogP contribution in [0.25, 0.3) is 0 Å². The maximum absolute atomic E-state index is 12.1. The van der Waals surface area contributed by atoms with Gasteiger partial charge in [-0.2, -0.15) is 0 Å². The Morgan fingerprint density at radius 3 is 2.58 bits per heavy atom. The van der Waals surface area contributed by atoms with Gasteiger partial charge in [-0.15, -0.1) is 0 Å². The summed E-state index contributed by atoms with van der Waals surface area (Å²) in [6, 6.07) is 10.3. The molecule has 19 heavy (non-hydrogen) atoms. The summed E-state index contributed by atoms with van der Waals surface area (Å²) in [7, 11) is 0. The van der Waals surface area contributed by atoms with Crippen molar-refractivity contribution in [1.29, 1.82) is 0 Å². The first-order valence-electron chi connectivity index (χ1n) is 7.19. The van der Waals surface area contributed by atoms with Crippen molar-refractivity contribution < 1.29 is 4.79 Å². The summed E-state index contributed by atoms with van der Waals surface area (Å²) in [5.41, 5.74) is 6.86. The van der Waals surface area contributed by atoms with Crippen molar-refractivity contribution in [3.8, 4) is 0 Å². The van der Waals surface area contributed by atoms with E-state index in [9.17, 15) is 4.79 Å². The van der Waals surface area contributed by atoms with Gasteiger partial charge in [-0.1, -0.05) is 37.3 Å². The van der Waals surface area contributed by atoms with Crippen LogP contribution in [0, 0.1) is 5.92 Å². The van der Waals surface area contributed by atoms with Crippen LogP contribution in [0.1, 0.15) is 32.3 Å². The predicted octanol–water partition coefficient (Wildman–Crippen LogP) is 2.45. The Balaban J connectivity index is 2.38. The van der Waals surface area contributed by atoms with E-state index in [2.05, 4.69) is 19.1 Å². The minimum atomic E-state index is 0.249. The Kier molecular flexibility index (Phi) is 7.19. The number of rotatable bonds is 8. The molecule has 0 saturated heterocycles. The van der Waals surface area contributed by atoms with Crippen LogP contribution in [-0.2, 0) is 11.2 Å². The number of carbonyl (C=O) groups excluding carboxylic acids is 1. The number of hydrogen-bond donors (Lipinski definition) is 1. The molecule has 0 aliphatic rings. The second-order valence-electron chi connectivity index (χ2n) is 5.09. The Morgan fingerprint density at radius 2 is 2.00 bits per heavy atom. The molecule has 1 amide bonds. The van der Waals surface area contributed by atoms with Gasteiger partial charge in [-0.25, -0.2) is 0 Å². The van der Waals surface area contributed by atoms with Crippen molar-refractivity contribution in [3.05, 3.63) is 35.9 Å². The van der Waals surface area contributed by atoms with Crippen LogP contribution in [0.2, 0.25) is 0 Å². The van der Waals surface area contributed by atoms with E-state index in [1.807, 2.05) is 30.0 Å².